The van der Waals surface area contributed by atoms with Crippen molar-refractivity contribution in [1.29, 1.82) is 0 Å². The van der Waals surface area contributed by atoms with Crippen molar-refractivity contribution in [3.8, 4) is 23.1 Å². The molecule has 1 aromatic heterocycles. The summed E-state index contributed by atoms with van der Waals surface area (Å²) in [6, 6.07) is 16.2. The average molecular weight is 390 g/mol. The van der Waals surface area contributed by atoms with Crippen LogP contribution in [0.2, 0.25) is 0 Å². The number of hydrogen-bond donors (Lipinski definition) is 1. The van der Waals surface area contributed by atoms with Gasteiger partial charge in [-0.3, -0.25) is 4.79 Å². The molecule has 0 saturated heterocycles. The summed E-state index contributed by atoms with van der Waals surface area (Å²) < 4.78 is 7.30. The number of aryl methyl sites for hydroxylation is 1. The highest BCUT2D eigenvalue weighted by molar-refractivity contribution is 5.92. The van der Waals surface area contributed by atoms with E-state index in [0.29, 0.717) is 12.6 Å². The fraction of sp³-hybridized carbons (Fsp3) is 0.348. The van der Waals surface area contributed by atoms with E-state index >= 15 is 0 Å². The topological polar surface area (TPSA) is 69.0 Å². The lowest BCUT2D eigenvalue weighted by Gasteiger charge is -2.11. The van der Waals surface area contributed by atoms with Crippen LogP contribution in [0.15, 0.2) is 48.5 Å². The zero-order valence-electron chi connectivity index (χ0n) is 16.9. The maximum absolute atomic E-state index is 12.4. The maximum atomic E-state index is 12.4. The molecule has 1 saturated carbocycles. The van der Waals surface area contributed by atoms with Gasteiger partial charge >= 0.3 is 6.01 Å². The van der Waals surface area contributed by atoms with Gasteiger partial charge in [0.1, 0.15) is 0 Å². The van der Waals surface area contributed by atoms with Crippen molar-refractivity contribution in [2.75, 3.05) is 11.9 Å². The molecule has 0 bridgehead atoms. The first-order chi connectivity index (χ1) is 14.1. The van der Waals surface area contributed by atoms with Gasteiger partial charge in [0.25, 0.3) is 0 Å². The first kappa shape index (κ1) is 19.2. The fourth-order valence-electron chi connectivity index (χ4n) is 3.67. The van der Waals surface area contributed by atoms with E-state index in [2.05, 4.69) is 34.5 Å². The fourth-order valence-corrected chi connectivity index (χ4v) is 3.67. The third-order valence-electron chi connectivity index (χ3n) is 5.28. The number of carbonyl (C=O) groups is 1. The summed E-state index contributed by atoms with van der Waals surface area (Å²) in [7, 11) is 0. The van der Waals surface area contributed by atoms with Gasteiger partial charge in [0.2, 0.25) is 5.91 Å². The summed E-state index contributed by atoms with van der Waals surface area (Å²) in [4.78, 5) is 16.9. The number of benzene rings is 2. The molecule has 4 rings (SSSR count). The van der Waals surface area contributed by atoms with Crippen molar-refractivity contribution < 1.29 is 9.53 Å². The highest BCUT2D eigenvalue weighted by Gasteiger charge is 2.22. The first-order valence-electron chi connectivity index (χ1n) is 10.2. The molecule has 2 aromatic carbocycles. The molecule has 1 aliphatic carbocycles. The molecule has 6 heteroatoms. The Kier molecular flexibility index (Phi) is 5.60. The van der Waals surface area contributed by atoms with E-state index in [1.807, 2.05) is 43.3 Å². The first-order valence-corrected chi connectivity index (χ1v) is 10.2. The lowest BCUT2D eigenvalue weighted by atomic mass is 10.1. The van der Waals surface area contributed by atoms with Crippen LogP contribution in [-0.4, -0.2) is 27.3 Å². The lowest BCUT2D eigenvalue weighted by Crippen LogP contribution is -2.20. The Labute approximate surface area is 170 Å². The predicted octanol–water partition coefficient (Wildman–Crippen LogP) is 4.77. The lowest BCUT2D eigenvalue weighted by molar-refractivity contribution is -0.119. The van der Waals surface area contributed by atoms with Crippen LogP contribution in [0.5, 0.6) is 6.01 Å². The van der Waals surface area contributed by atoms with Crippen LogP contribution in [0, 0.1) is 12.8 Å². The van der Waals surface area contributed by atoms with Crippen LogP contribution in [0.25, 0.3) is 17.1 Å². The Balaban J connectivity index is 1.60. The molecule has 1 aliphatic rings. The molecule has 0 aliphatic heterocycles. The molecule has 150 valence electrons. The minimum atomic E-state index is 0.120. The molecule has 1 fully saturated rings. The van der Waals surface area contributed by atoms with Crippen molar-refractivity contribution in [3.05, 3.63) is 54.1 Å². The van der Waals surface area contributed by atoms with Gasteiger partial charge in [-0.2, -0.15) is 4.98 Å². The Bertz CT molecular complexity index is 971. The number of nitrogens with zero attached hydrogens (tertiary/aromatic N) is 3. The molecule has 1 N–H and O–H groups in total. The SMILES string of the molecule is CCOc1nc(-c2ccc(C)cc2)n(-c2ccc(NC(=O)C3CCCC3)cc2)n1. The van der Waals surface area contributed by atoms with Gasteiger partial charge < -0.3 is 10.1 Å². The second kappa shape index (κ2) is 8.47. The molecular weight excluding hydrogens is 364 g/mol. The number of carbonyl (C=O) groups excluding carboxylic acids is 1. The standard InChI is InChI=1S/C23H26N4O2/c1-3-29-23-25-21(17-10-8-16(2)9-11-17)27(26-23)20-14-12-19(13-15-20)24-22(28)18-6-4-5-7-18/h8-15,18H,3-7H2,1-2H3,(H,24,28). The van der Waals surface area contributed by atoms with E-state index in [1.165, 1.54) is 5.56 Å². The molecule has 0 unspecified atom stereocenters. The highest BCUT2D eigenvalue weighted by atomic mass is 16.5. The van der Waals surface area contributed by atoms with Crippen LogP contribution < -0.4 is 10.1 Å². The van der Waals surface area contributed by atoms with Gasteiger partial charge in [-0.25, -0.2) is 4.68 Å². The Morgan fingerprint density at radius 3 is 2.45 bits per heavy atom. The van der Waals surface area contributed by atoms with Crippen molar-refractivity contribution >= 4 is 11.6 Å². The van der Waals surface area contributed by atoms with Crippen LogP contribution in [0.3, 0.4) is 0 Å². The maximum Gasteiger partial charge on any atom is 0.336 e. The zero-order valence-corrected chi connectivity index (χ0v) is 16.9. The number of aromatic nitrogens is 3. The number of nitrogens with one attached hydrogen (secondary N) is 1. The molecule has 0 spiro atoms. The third kappa shape index (κ3) is 4.31. The summed E-state index contributed by atoms with van der Waals surface area (Å²) in [5, 5.41) is 7.55. The second-order valence-corrected chi connectivity index (χ2v) is 7.45. The monoisotopic (exact) mass is 390 g/mol. The van der Waals surface area contributed by atoms with Crippen LogP contribution in [0.4, 0.5) is 5.69 Å². The van der Waals surface area contributed by atoms with Gasteiger partial charge in [0, 0.05) is 17.2 Å². The van der Waals surface area contributed by atoms with Crippen molar-refractivity contribution in [3.63, 3.8) is 0 Å². The van der Waals surface area contributed by atoms with E-state index in [-0.39, 0.29) is 11.8 Å². The van der Waals surface area contributed by atoms with Crippen molar-refractivity contribution in [2.45, 2.75) is 39.5 Å². The average Bonchev–Trinajstić information content (AvgIpc) is 3.40. The number of anilines is 1. The molecule has 3 aromatic rings. The Morgan fingerprint density at radius 2 is 1.79 bits per heavy atom. The largest absolute Gasteiger partial charge is 0.463 e. The van der Waals surface area contributed by atoms with Crippen LogP contribution in [-0.2, 0) is 4.79 Å². The van der Waals surface area contributed by atoms with Crippen molar-refractivity contribution in [2.24, 2.45) is 5.92 Å². The van der Waals surface area contributed by atoms with E-state index in [0.717, 1.165) is 48.4 Å². The van der Waals surface area contributed by atoms with Gasteiger partial charge in [-0.05, 0) is 51.0 Å². The third-order valence-corrected chi connectivity index (χ3v) is 5.28. The molecule has 0 radical (unpaired) electrons. The van der Waals surface area contributed by atoms with Crippen LogP contribution in [0.1, 0.15) is 38.2 Å². The number of hydrogen-bond acceptors (Lipinski definition) is 4. The quantitative estimate of drug-likeness (QED) is 0.658. The zero-order chi connectivity index (χ0) is 20.2. The summed E-state index contributed by atoms with van der Waals surface area (Å²) in [5.74, 6) is 0.984. The number of amides is 1. The molecule has 6 nitrogen and oxygen atoms in total. The van der Waals surface area contributed by atoms with Gasteiger partial charge in [-0.1, -0.05) is 42.7 Å². The van der Waals surface area contributed by atoms with Gasteiger partial charge in [-0.15, -0.1) is 5.10 Å². The summed E-state index contributed by atoms with van der Waals surface area (Å²) in [6.07, 6.45) is 4.27. The van der Waals surface area contributed by atoms with E-state index in [1.54, 1.807) is 4.68 Å². The minimum absolute atomic E-state index is 0.120. The Morgan fingerprint density at radius 1 is 1.10 bits per heavy atom. The number of ether oxygens (including phenoxy) is 1. The summed E-state index contributed by atoms with van der Waals surface area (Å²) >= 11 is 0. The van der Waals surface area contributed by atoms with Gasteiger partial charge in [0.05, 0.1) is 12.3 Å². The summed E-state index contributed by atoms with van der Waals surface area (Å²) in [6.45, 7) is 4.47. The number of rotatable bonds is 6. The van der Waals surface area contributed by atoms with Crippen molar-refractivity contribution in [1.82, 2.24) is 14.8 Å². The molecular formula is C23H26N4O2. The van der Waals surface area contributed by atoms with Crippen LogP contribution >= 0.6 is 0 Å². The van der Waals surface area contributed by atoms with E-state index < -0.39 is 0 Å². The Hall–Kier alpha value is -3.15. The normalized spacial score (nSPS) is 14.1. The summed E-state index contributed by atoms with van der Waals surface area (Å²) in [5.41, 5.74) is 3.81. The minimum Gasteiger partial charge on any atom is -0.463 e. The van der Waals surface area contributed by atoms with E-state index in [4.69, 9.17) is 4.74 Å². The molecule has 0 atom stereocenters. The molecule has 29 heavy (non-hydrogen) atoms. The highest BCUT2D eigenvalue weighted by Crippen LogP contribution is 2.27. The van der Waals surface area contributed by atoms with E-state index in [9.17, 15) is 4.79 Å². The van der Waals surface area contributed by atoms with Gasteiger partial charge in [0.15, 0.2) is 5.82 Å². The molecule has 1 heterocycles. The molecule has 1 amide bonds. The predicted molar refractivity (Wildman–Crippen MR) is 113 cm³/mol. The smallest absolute Gasteiger partial charge is 0.336 e. The second-order valence-electron chi connectivity index (χ2n) is 7.45.